The standard InChI is InChI=1S/C7H13F3N2O/c8-7(9,10)5-12(2-1-11)6-3-13-4-6/h6H,1-5,11H2. The molecule has 0 amide bonds. The number of halogens is 3. The zero-order valence-corrected chi connectivity index (χ0v) is 7.18. The van der Waals surface area contributed by atoms with Crippen molar-refractivity contribution in [2.75, 3.05) is 32.8 Å². The van der Waals surface area contributed by atoms with E-state index in [4.69, 9.17) is 10.5 Å². The van der Waals surface area contributed by atoms with Crippen LogP contribution in [0.5, 0.6) is 0 Å². The molecule has 0 atom stereocenters. The van der Waals surface area contributed by atoms with E-state index in [1.807, 2.05) is 0 Å². The third kappa shape index (κ3) is 3.50. The molecule has 0 saturated carbocycles. The summed E-state index contributed by atoms with van der Waals surface area (Å²) in [5.74, 6) is 0. The van der Waals surface area contributed by atoms with Crippen LogP contribution in [0.2, 0.25) is 0 Å². The maximum absolute atomic E-state index is 12.0. The van der Waals surface area contributed by atoms with Crippen LogP contribution in [-0.4, -0.2) is 50.0 Å². The Labute approximate surface area is 74.6 Å². The van der Waals surface area contributed by atoms with Gasteiger partial charge in [-0.25, -0.2) is 0 Å². The monoisotopic (exact) mass is 198 g/mol. The minimum Gasteiger partial charge on any atom is -0.378 e. The topological polar surface area (TPSA) is 38.5 Å². The molecule has 3 nitrogen and oxygen atoms in total. The maximum Gasteiger partial charge on any atom is 0.401 e. The molecule has 1 saturated heterocycles. The fourth-order valence-electron chi connectivity index (χ4n) is 1.22. The van der Waals surface area contributed by atoms with Gasteiger partial charge in [-0.05, 0) is 0 Å². The Balaban J connectivity index is 2.37. The summed E-state index contributed by atoms with van der Waals surface area (Å²) >= 11 is 0. The molecule has 1 aliphatic heterocycles. The molecule has 6 heteroatoms. The van der Waals surface area contributed by atoms with Gasteiger partial charge in [-0.1, -0.05) is 0 Å². The van der Waals surface area contributed by atoms with Gasteiger partial charge in [0.1, 0.15) is 0 Å². The van der Waals surface area contributed by atoms with Crippen molar-refractivity contribution in [1.29, 1.82) is 0 Å². The molecule has 2 N–H and O–H groups in total. The molecule has 0 bridgehead atoms. The van der Waals surface area contributed by atoms with Crippen LogP contribution in [0.25, 0.3) is 0 Å². The van der Waals surface area contributed by atoms with Crippen LogP contribution in [0.15, 0.2) is 0 Å². The van der Waals surface area contributed by atoms with Gasteiger partial charge in [-0.2, -0.15) is 13.2 Å². The Kier molecular flexibility index (Phi) is 3.52. The third-order valence-electron chi connectivity index (χ3n) is 1.94. The number of rotatable bonds is 4. The van der Waals surface area contributed by atoms with Crippen molar-refractivity contribution < 1.29 is 17.9 Å². The minimum absolute atomic E-state index is 0.106. The van der Waals surface area contributed by atoms with Crippen LogP contribution in [0.1, 0.15) is 0 Å². The number of hydrogen-bond acceptors (Lipinski definition) is 3. The van der Waals surface area contributed by atoms with E-state index in [9.17, 15) is 13.2 Å². The molecule has 0 aromatic rings. The van der Waals surface area contributed by atoms with Crippen LogP contribution in [0, 0.1) is 0 Å². The fourth-order valence-corrected chi connectivity index (χ4v) is 1.22. The van der Waals surface area contributed by atoms with Crippen molar-refractivity contribution in [2.24, 2.45) is 5.73 Å². The third-order valence-corrected chi connectivity index (χ3v) is 1.94. The Hall–Kier alpha value is -0.330. The van der Waals surface area contributed by atoms with E-state index in [1.54, 1.807) is 0 Å². The zero-order valence-electron chi connectivity index (χ0n) is 7.18. The van der Waals surface area contributed by atoms with Crippen LogP contribution in [-0.2, 0) is 4.74 Å². The second-order valence-electron chi connectivity index (χ2n) is 3.07. The first-order valence-electron chi connectivity index (χ1n) is 4.11. The number of ether oxygens (including phenoxy) is 1. The predicted octanol–water partition coefficient (Wildman–Crippen LogP) is 0.208. The molecule has 1 heterocycles. The van der Waals surface area contributed by atoms with Gasteiger partial charge in [0, 0.05) is 13.1 Å². The van der Waals surface area contributed by atoms with E-state index in [2.05, 4.69) is 0 Å². The fraction of sp³-hybridized carbons (Fsp3) is 1.00. The Bertz CT molecular complexity index is 158. The molecule has 0 spiro atoms. The normalized spacial score (nSPS) is 19.2. The first-order chi connectivity index (χ1) is 6.03. The zero-order chi connectivity index (χ0) is 9.90. The molecular formula is C7H13F3N2O. The van der Waals surface area contributed by atoms with E-state index >= 15 is 0 Å². The summed E-state index contributed by atoms with van der Waals surface area (Å²) in [7, 11) is 0. The highest BCUT2D eigenvalue weighted by atomic mass is 19.4. The Morgan fingerprint density at radius 3 is 2.31 bits per heavy atom. The molecule has 13 heavy (non-hydrogen) atoms. The van der Waals surface area contributed by atoms with Gasteiger partial charge in [0.05, 0.1) is 25.8 Å². The Morgan fingerprint density at radius 1 is 1.38 bits per heavy atom. The van der Waals surface area contributed by atoms with E-state index in [0.29, 0.717) is 13.2 Å². The molecule has 1 rings (SSSR count). The minimum atomic E-state index is -4.15. The lowest BCUT2D eigenvalue weighted by molar-refractivity contribution is -0.168. The van der Waals surface area contributed by atoms with E-state index < -0.39 is 12.7 Å². The molecule has 0 aromatic carbocycles. The van der Waals surface area contributed by atoms with Gasteiger partial charge >= 0.3 is 6.18 Å². The molecule has 0 aliphatic carbocycles. The smallest absolute Gasteiger partial charge is 0.378 e. The second-order valence-corrected chi connectivity index (χ2v) is 3.07. The van der Waals surface area contributed by atoms with Crippen LogP contribution in [0.4, 0.5) is 13.2 Å². The summed E-state index contributed by atoms with van der Waals surface area (Å²) in [5, 5.41) is 0. The van der Waals surface area contributed by atoms with Crippen molar-refractivity contribution in [3.05, 3.63) is 0 Å². The van der Waals surface area contributed by atoms with Gasteiger partial charge in [0.25, 0.3) is 0 Å². The molecule has 78 valence electrons. The average molecular weight is 198 g/mol. The lowest BCUT2D eigenvalue weighted by Crippen LogP contribution is -2.53. The highest BCUT2D eigenvalue weighted by Crippen LogP contribution is 2.20. The Morgan fingerprint density at radius 2 is 2.00 bits per heavy atom. The average Bonchev–Trinajstić information content (AvgIpc) is 1.79. The summed E-state index contributed by atoms with van der Waals surface area (Å²) in [6.07, 6.45) is -4.15. The predicted molar refractivity (Wildman–Crippen MR) is 41.3 cm³/mol. The van der Waals surface area contributed by atoms with E-state index in [0.717, 1.165) is 0 Å². The number of hydrogen-bond donors (Lipinski definition) is 1. The number of alkyl halides is 3. The van der Waals surface area contributed by atoms with Gasteiger partial charge in [-0.3, -0.25) is 4.90 Å². The number of nitrogens with zero attached hydrogens (tertiary/aromatic N) is 1. The second kappa shape index (κ2) is 4.26. The van der Waals surface area contributed by atoms with Crippen molar-refractivity contribution in [1.82, 2.24) is 4.90 Å². The summed E-state index contributed by atoms with van der Waals surface area (Å²) in [6.45, 7) is 0.393. The lowest BCUT2D eigenvalue weighted by Gasteiger charge is -2.37. The molecule has 0 radical (unpaired) electrons. The quantitative estimate of drug-likeness (QED) is 0.701. The van der Waals surface area contributed by atoms with E-state index in [1.165, 1.54) is 4.90 Å². The lowest BCUT2D eigenvalue weighted by atomic mass is 10.2. The number of nitrogens with two attached hydrogens (primary N) is 1. The molecule has 0 aromatic heterocycles. The van der Waals surface area contributed by atoms with Gasteiger partial charge < -0.3 is 10.5 Å². The van der Waals surface area contributed by atoms with Gasteiger partial charge in [0.15, 0.2) is 0 Å². The first kappa shape index (κ1) is 10.7. The van der Waals surface area contributed by atoms with Crippen molar-refractivity contribution in [2.45, 2.75) is 12.2 Å². The van der Waals surface area contributed by atoms with Crippen molar-refractivity contribution in [3.63, 3.8) is 0 Å². The summed E-state index contributed by atoms with van der Waals surface area (Å²) in [5.41, 5.74) is 5.22. The van der Waals surface area contributed by atoms with Crippen LogP contribution < -0.4 is 5.73 Å². The first-order valence-corrected chi connectivity index (χ1v) is 4.11. The molecule has 1 fully saturated rings. The maximum atomic E-state index is 12.0. The summed E-state index contributed by atoms with van der Waals surface area (Å²) in [6, 6.07) is -0.106. The van der Waals surface area contributed by atoms with Gasteiger partial charge in [-0.15, -0.1) is 0 Å². The summed E-state index contributed by atoms with van der Waals surface area (Å²) in [4.78, 5) is 1.32. The molecular weight excluding hydrogens is 185 g/mol. The van der Waals surface area contributed by atoms with Crippen molar-refractivity contribution >= 4 is 0 Å². The SMILES string of the molecule is NCCN(CC(F)(F)F)C1COC1. The van der Waals surface area contributed by atoms with Gasteiger partial charge in [0.2, 0.25) is 0 Å². The highest BCUT2D eigenvalue weighted by molar-refractivity contribution is 4.79. The summed E-state index contributed by atoms with van der Waals surface area (Å²) < 4.78 is 40.9. The molecule has 0 unspecified atom stereocenters. The largest absolute Gasteiger partial charge is 0.401 e. The van der Waals surface area contributed by atoms with Crippen molar-refractivity contribution in [3.8, 4) is 0 Å². The van der Waals surface area contributed by atoms with Crippen LogP contribution >= 0.6 is 0 Å². The van der Waals surface area contributed by atoms with E-state index in [-0.39, 0.29) is 19.1 Å². The molecule has 1 aliphatic rings. The van der Waals surface area contributed by atoms with Crippen LogP contribution in [0.3, 0.4) is 0 Å². The highest BCUT2D eigenvalue weighted by Gasteiger charge is 2.35.